The number of hydrogen-bond donors (Lipinski definition) is 1. The molecule has 2 amide bonds. The van der Waals surface area contributed by atoms with Crippen molar-refractivity contribution in [3.63, 3.8) is 0 Å². The van der Waals surface area contributed by atoms with Crippen molar-refractivity contribution in [1.29, 1.82) is 0 Å². The van der Waals surface area contributed by atoms with Crippen LogP contribution in [0.1, 0.15) is 79.2 Å². The summed E-state index contributed by atoms with van der Waals surface area (Å²) in [5, 5.41) is 15.3. The van der Waals surface area contributed by atoms with Crippen LogP contribution in [0.25, 0.3) is 5.69 Å². The van der Waals surface area contributed by atoms with Crippen LogP contribution in [0.5, 0.6) is 0 Å². The van der Waals surface area contributed by atoms with Gasteiger partial charge in [-0.3, -0.25) is 4.90 Å². The van der Waals surface area contributed by atoms with E-state index in [0.29, 0.717) is 31.8 Å². The van der Waals surface area contributed by atoms with E-state index in [2.05, 4.69) is 18.2 Å². The first-order chi connectivity index (χ1) is 19.7. The van der Waals surface area contributed by atoms with Gasteiger partial charge in [-0.1, -0.05) is 42.5 Å². The minimum absolute atomic E-state index is 0.0750. The highest BCUT2D eigenvalue weighted by atomic mass is 16.6. The average molecular weight is 559 g/mol. The average Bonchev–Trinajstić information content (AvgIpc) is 3.76. The van der Waals surface area contributed by atoms with Crippen LogP contribution in [-0.4, -0.2) is 62.1 Å². The van der Waals surface area contributed by atoms with Gasteiger partial charge in [0, 0.05) is 43.6 Å². The van der Waals surface area contributed by atoms with E-state index in [9.17, 15) is 14.7 Å². The van der Waals surface area contributed by atoms with Crippen LogP contribution in [0, 0.1) is 0 Å². The number of aromatic nitrogens is 2. The summed E-state index contributed by atoms with van der Waals surface area (Å²) < 4.78 is 13.4. The summed E-state index contributed by atoms with van der Waals surface area (Å²) in [4.78, 5) is 30.1. The minimum Gasteiger partial charge on any atom is -0.445 e. The van der Waals surface area contributed by atoms with E-state index in [-0.39, 0.29) is 19.8 Å². The third-order valence-corrected chi connectivity index (χ3v) is 8.05. The van der Waals surface area contributed by atoms with Gasteiger partial charge in [-0.05, 0) is 56.7 Å². The summed E-state index contributed by atoms with van der Waals surface area (Å²) in [7, 11) is 0. The number of amides is 2. The standard InChI is InChI=1S/C32H38N4O5/c1-32(2,3)41-31(39)35-16-14-27-29-25(33-36(27)26-12-11-23(22-9-10-22)17-24(26)19-37)13-15-34(18-28(29)35)30(38)40-20-21-7-5-4-6-8-21/h4-8,11-12,17,22,28,37H,9-10,13-16,18-20H2,1-3H3/t28-/m0/s1. The van der Waals surface area contributed by atoms with Crippen molar-refractivity contribution in [3.05, 3.63) is 82.2 Å². The van der Waals surface area contributed by atoms with Crippen molar-refractivity contribution in [2.45, 2.75) is 77.2 Å². The van der Waals surface area contributed by atoms with Gasteiger partial charge in [0.15, 0.2) is 0 Å². The highest BCUT2D eigenvalue weighted by molar-refractivity contribution is 5.71. The number of carbonyl (C=O) groups is 2. The quantitative estimate of drug-likeness (QED) is 0.458. The van der Waals surface area contributed by atoms with Gasteiger partial charge in [0.25, 0.3) is 0 Å². The van der Waals surface area contributed by atoms with Crippen LogP contribution < -0.4 is 0 Å². The van der Waals surface area contributed by atoms with Gasteiger partial charge in [0.1, 0.15) is 12.2 Å². The molecule has 1 atom stereocenters. The van der Waals surface area contributed by atoms with E-state index in [4.69, 9.17) is 14.6 Å². The molecule has 2 aromatic carbocycles. The molecule has 2 aliphatic heterocycles. The van der Waals surface area contributed by atoms with Crippen LogP contribution >= 0.6 is 0 Å². The van der Waals surface area contributed by atoms with E-state index >= 15 is 0 Å². The molecule has 9 heteroatoms. The summed E-state index contributed by atoms with van der Waals surface area (Å²) in [6.45, 7) is 6.80. The summed E-state index contributed by atoms with van der Waals surface area (Å²) in [6, 6.07) is 15.5. The number of ether oxygens (including phenoxy) is 2. The molecule has 0 radical (unpaired) electrons. The molecule has 41 heavy (non-hydrogen) atoms. The molecule has 3 heterocycles. The molecule has 0 saturated heterocycles. The van der Waals surface area contributed by atoms with Gasteiger partial charge < -0.3 is 19.5 Å². The van der Waals surface area contributed by atoms with Crippen molar-refractivity contribution in [2.24, 2.45) is 0 Å². The van der Waals surface area contributed by atoms with Gasteiger partial charge in [0.05, 0.1) is 29.7 Å². The molecule has 216 valence electrons. The Bertz CT molecular complexity index is 1440. The summed E-state index contributed by atoms with van der Waals surface area (Å²) >= 11 is 0. The van der Waals surface area contributed by atoms with Crippen molar-refractivity contribution >= 4 is 12.2 Å². The van der Waals surface area contributed by atoms with E-state index in [1.54, 1.807) is 9.80 Å². The number of nitrogens with zero attached hydrogens (tertiary/aromatic N) is 4. The number of benzene rings is 2. The smallest absolute Gasteiger partial charge is 0.410 e. The molecule has 3 aliphatic rings. The second-order valence-corrected chi connectivity index (χ2v) is 12.2. The van der Waals surface area contributed by atoms with Crippen LogP contribution in [0.4, 0.5) is 9.59 Å². The maximum Gasteiger partial charge on any atom is 0.410 e. The first-order valence-corrected chi connectivity index (χ1v) is 14.5. The zero-order chi connectivity index (χ0) is 28.7. The van der Waals surface area contributed by atoms with Crippen LogP contribution in [0.2, 0.25) is 0 Å². The molecular formula is C32H38N4O5. The molecule has 0 unspecified atom stereocenters. The van der Waals surface area contributed by atoms with Crippen molar-refractivity contribution < 1.29 is 24.2 Å². The fourth-order valence-electron chi connectivity index (χ4n) is 5.92. The molecule has 0 bridgehead atoms. The van der Waals surface area contributed by atoms with E-state index < -0.39 is 23.8 Å². The molecule has 3 aromatic rings. The molecule has 1 fully saturated rings. The number of aliphatic hydroxyl groups excluding tert-OH is 1. The Morgan fingerprint density at radius 3 is 2.51 bits per heavy atom. The van der Waals surface area contributed by atoms with Gasteiger partial charge in [-0.15, -0.1) is 0 Å². The van der Waals surface area contributed by atoms with E-state index in [0.717, 1.165) is 33.8 Å². The van der Waals surface area contributed by atoms with Gasteiger partial charge in [-0.25, -0.2) is 14.3 Å². The monoisotopic (exact) mass is 558 g/mol. The molecule has 0 spiro atoms. The SMILES string of the molecule is CC(C)(C)OC(=O)N1CCc2c3c(nn2-c2ccc(C4CC4)cc2CO)CCN(C(=O)OCc2ccccc2)C[C@@H]31. The van der Waals surface area contributed by atoms with Crippen LogP contribution in [0.3, 0.4) is 0 Å². The first kappa shape index (κ1) is 27.3. The topological polar surface area (TPSA) is 97.1 Å². The third-order valence-electron chi connectivity index (χ3n) is 8.05. The van der Waals surface area contributed by atoms with Crippen molar-refractivity contribution in [3.8, 4) is 5.69 Å². The number of carbonyl (C=O) groups excluding carboxylic acids is 2. The molecule has 6 rings (SSSR count). The zero-order valence-corrected chi connectivity index (χ0v) is 24.0. The highest BCUT2D eigenvalue weighted by Crippen LogP contribution is 2.42. The Kier molecular flexibility index (Phi) is 7.23. The van der Waals surface area contributed by atoms with Gasteiger partial charge >= 0.3 is 12.2 Å². The Hall–Kier alpha value is -3.85. The van der Waals surface area contributed by atoms with Gasteiger partial charge in [0.2, 0.25) is 0 Å². The fourth-order valence-corrected chi connectivity index (χ4v) is 5.92. The second kappa shape index (κ2) is 10.9. The highest BCUT2D eigenvalue weighted by Gasteiger charge is 2.42. The molecule has 9 nitrogen and oxygen atoms in total. The lowest BCUT2D eigenvalue weighted by Gasteiger charge is -2.38. The van der Waals surface area contributed by atoms with Crippen LogP contribution in [-0.2, 0) is 35.5 Å². The lowest BCUT2D eigenvalue weighted by molar-refractivity contribution is 0.00940. The lowest BCUT2D eigenvalue weighted by Crippen LogP contribution is -2.47. The van der Waals surface area contributed by atoms with Crippen LogP contribution in [0.15, 0.2) is 48.5 Å². The summed E-state index contributed by atoms with van der Waals surface area (Å²) in [6.07, 6.45) is 2.68. The first-order valence-electron chi connectivity index (χ1n) is 14.5. The fraction of sp³-hybridized carbons (Fsp3) is 0.469. The van der Waals surface area contributed by atoms with Gasteiger partial charge in [-0.2, -0.15) is 5.10 Å². The maximum atomic E-state index is 13.4. The second-order valence-electron chi connectivity index (χ2n) is 12.2. The lowest BCUT2D eigenvalue weighted by atomic mass is 9.96. The minimum atomic E-state index is -0.650. The van der Waals surface area contributed by atoms with E-state index in [1.807, 2.05) is 55.8 Å². The Balaban J connectivity index is 1.33. The Morgan fingerprint density at radius 1 is 1.02 bits per heavy atom. The summed E-state index contributed by atoms with van der Waals surface area (Å²) in [5.74, 6) is 0.585. The normalized spacial score (nSPS) is 18.5. The molecule has 1 saturated carbocycles. The predicted molar refractivity (Wildman–Crippen MR) is 153 cm³/mol. The number of aliphatic hydroxyl groups is 1. The maximum absolute atomic E-state index is 13.4. The Morgan fingerprint density at radius 2 is 1.80 bits per heavy atom. The zero-order valence-electron chi connectivity index (χ0n) is 24.0. The molecular weight excluding hydrogens is 520 g/mol. The number of rotatable bonds is 5. The third kappa shape index (κ3) is 5.68. The van der Waals surface area contributed by atoms with Crippen molar-refractivity contribution in [1.82, 2.24) is 19.6 Å². The largest absolute Gasteiger partial charge is 0.445 e. The molecule has 1 aliphatic carbocycles. The summed E-state index contributed by atoms with van der Waals surface area (Å²) in [5.41, 5.74) is 6.07. The number of hydrogen-bond acceptors (Lipinski definition) is 6. The molecule has 1 N–H and O–H groups in total. The van der Waals surface area contributed by atoms with Crippen molar-refractivity contribution in [2.75, 3.05) is 19.6 Å². The van der Waals surface area contributed by atoms with E-state index in [1.165, 1.54) is 18.4 Å². The predicted octanol–water partition coefficient (Wildman–Crippen LogP) is 5.27. The molecule has 1 aromatic heterocycles. The Labute approximate surface area is 240 Å².